The number of halogens is 7. The van der Waals surface area contributed by atoms with E-state index in [2.05, 4.69) is 17.0 Å². The Kier molecular flexibility index (Phi) is 5.88. The van der Waals surface area contributed by atoms with E-state index in [-0.39, 0.29) is 0 Å². The van der Waals surface area contributed by atoms with E-state index in [4.69, 9.17) is 0 Å². The smallest absolute Gasteiger partial charge is 0.403 e. The number of carbonyl (C=O) groups is 1. The lowest BCUT2D eigenvalue weighted by molar-refractivity contribution is -0.275. The number of thiocarbonyl (C=S) groups is 1. The maximum atomic E-state index is 13.8. The van der Waals surface area contributed by atoms with E-state index in [1.165, 1.54) is 0 Å². The Bertz CT molecular complexity index is 882. The van der Waals surface area contributed by atoms with Gasteiger partial charge in [-0.25, -0.2) is 13.2 Å². The summed E-state index contributed by atoms with van der Waals surface area (Å²) in [6.45, 7) is 0. The van der Waals surface area contributed by atoms with Crippen LogP contribution >= 0.6 is 12.2 Å². The fraction of sp³-hybridized carbons (Fsp3) is 0.0667. The lowest BCUT2D eigenvalue weighted by Gasteiger charge is -2.14. The molecule has 0 saturated heterocycles. The molecule has 27 heavy (non-hydrogen) atoms. The fourth-order valence-electron chi connectivity index (χ4n) is 1.87. The van der Waals surface area contributed by atoms with E-state index in [9.17, 15) is 35.5 Å². The zero-order valence-corrected chi connectivity index (χ0v) is 13.6. The summed E-state index contributed by atoms with van der Waals surface area (Å²) in [6.07, 6.45) is -5.24. The average molecular weight is 412 g/mol. The number of benzene rings is 2. The number of hydrogen-bond donors (Lipinski definition) is 2. The number of ether oxygens (including phenoxy) is 1. The summed E-state index contributed by atoms with van der Waals surface area (Å²) < 4.78 is 93.9. The van der Waals surface area contributed by atoms with Crippen LogP contribution in [0.2, 0.25) is 0 Å². The molecule has 0 aliphatic rings. The summed E-state index contributed by atoms with van der Waals surface area (Å²) in [4.78, 5) is 11.8. The minimum atomic E-state index is -5.24. The number of rotatable bonds is 3. The van der Waals surface area contributed by atoms with Crippen LogP contribution in [0.25, 0.3) is 0 Å². The number of hydrogen-bond acceptors (Lipinski definition) is 3. The van der Waals surface area contributed by atoms with E-state index in [1.54, 1.807) is 0 Å². The van der Waals surface area contributed by atoms with Gasteiger partial charge in [-0.1, -0.05) is 6.07 Å². The summed E-state index contributed by atoms with van der Waals surface area (Å²) in [5, 5.41) is 3.12. The first kappa shape index (κ1) is 20.4. The molecule has 0 spiro atoms. The number of nitrogens with one attached hydrogen (secondary N) is 2. The predicted molar refractivity (Wildman–Crippen MR) is 83.1 cm³/mol. The molecule has 0 heterocycles. The van der Waals surface area contributed by atoms with Crippen LogP contribution in [-0.2, 0) is 0 Å². The minimum absolute atomic E-state index is 0.467. The molecule has 1 amide bonds. The lowest BCUT2D eigenvalue weighted by Crippen LogP contribution is -2.35. The second kappa shape index (κ2) is 7.78. The maximum absolute atomic E-state index is 13.8. The highest BCUT2D eigenvalue weighted by Gasteiger charge is 2.33. The third-order valence-electron chi connectivity index (χ3n) is 2.94. The predicted octanol–water partition coefficient (Wildman–Crippen LogP) is 4.27. The Balaban J connectivity index is 2.14. The molecule has 0 aromatic heterocycles. The van der Waals surface area contributed by atoms with E-state index < -0.39 is 57.7 Å². The number of amides is 1. The van der Waals surface area contributed by atoms with Crippen LogP contribution in [0, 0.1) is 23.3 Å². The van der Waals surface area contributed by atoms with Gasteiger partial charge in [0.05, 0.1) is 5.69 Å². The van der Waals surface area contributed by atoms with Crippen molar-refractivity contribution in [3.8, 4) is 5.75 Å². The molecule has 0 aliphatic carbocycles. The van der Waals surface area contributed by atoms with E-state index in [0.717, 1.165) is 18.2 Å². The topological polar surface area (TPSA) is 50.4 Å². The molecule has 0 unspecified atom stereocenters. The second-order valence-electron chi connectivity index (χ2n) is 4.79. The van der Waals surface area contributed by atoms with Crippen LogP contribution < -0.4 is 15.4 Å². The molecule has 4 nitrogen and oxygen atoms in total. The number of alkyl halides is 3. The first-order chi connectivity index (χ1) is 12.5. The van der Waals surface area contributed by atoms with Crippen molar-refractivity contribution in [2.24, 2.45) is 0 Å². The van der Waals surface area contributed by atoms with Crippen molar-refractivity contribution in [2.75, 3.05) is 5.32 Å². The van der Waals surface area contributed by atoms with Gasteiger partial charge in [0.25, 0.3) is 5.91 Å². The Hall–Kier alpha value is -2.89. The molecule has 2 aromatic rings. The van der Waals surface area contributed by atoms with E-state index >= 15 is 0 Å². The SMILES string of the molecule is O=C(NC(=S)Nc1ccc(OC(F)(F)F)c(F)c1F)c1c(F)cccc1F. The van der Waals surface area contributed by atoms with Crippen molar-refractivity contribution in [3.63, 3.8) is 0 Å². The molecule has 0 radical (unpaired) electrons. The minimum Gasteiger partial charge on any atom is -0.403 e. The van der Waals surface area contributed by atoms with E-state index in [0.29, 0.717) is 12.1 Å². The first-order valence-corrected chi connectivity index (χ1v) is 7.20. The quantitative estimate of drug-likeness (QED) is 0.584. The first-order valence-electron chi connectivity index (χ1n) is 6.79. The molecule has 2 aromatic carbocycles. The van der Waals surface area contributed by atoms with Crippen LogP contribution in [0.1, 0.15) is 10.4 Å². The molecule has 144 valence electrons. The lowest BCUT2D eigenvalue weighted by atomic mass is 10.2. The largest absolute Gasteiger partial charge is 0.573 e. The van der Waals surface area contributed by atoms with Crippen LogP contribution in [-0.4, -0.2) is 17.4 Å². The van der Waals surface area contributed by atoms with Crippen LogP contribution in [0.15, 0.2) is 30.3 Å². The van der Waals surface area contributed by atoms with Crippen LogP contribution in [0.3, 0.4) is 0 Å². The molecule has 0 bridgehead atoms. The Morgan fingerprint density at radius 3 is 2.11 bits per heavy atom. The summed E-state index contributed by atoms with van der Waals surface area (Å²) in [5.41, 5.74) is -1.72. The van der Waals surface area contributed by atoms with Gasteiger partial charge in [-0.05, 0) is 36.5 Å². The Morgan fingerprint density at radius 1 is 0.963 bits per heavy atom. The highest BCUT2D eigenvalue weighted by molar-refractivity contribution is 7.80. The maximum Gasteiger partial charge on any atom is 0.573 e. The third kappa shape index (κ3) is 5.06. The van der Waals surface area contributed by atoms with Gasteiger partial charge in [-0.15, -0.1) is 13.2 Å². The van der Waals surface area contributed by atoms with Crippen molar-refractivity contribution >= 4 is 28.9 Å². The van der Waals surface area contributed by atoms with Gasteiger partial charge in [0, 0.05) is 0 Å². The van der Waals surface area contributed by atoms with Gasteiger partial charge in [0.1, 0.15) is 17.2 Å². The Morgan fingerprint density at radius 2 is 1.56 bits per heavy atom. The zero-order chi connectivity index (χ0) is 20.4. The van der Waals surface area contributed by atoms with Crippen molar-refractivity contribution in [1.82, 2.24) is 5.32 Å². The highest BCUT2D eigenvalue weighted by Crippen LogP contribution is 2.30. The van der Waals surface area contributed by atoms with Gasteiger partial charge in [-0.2, -0.15) is 4.39 Å². The van der Waals surface area contributed by atoms with Crippen LogP contribution in [0.4, 0.5) is 36.4 Å². The molecule has 2 N–H and O–H groups in total. The molecule has 0 aliphatic heterocycles. The zero-order valence-electron chi connectivity index (χ0n) is 12.8. The Labute approximate surface area is 151 Å². The molecule has 12 heteroatoms. The number of carbonyl (C=O) groups excluding carboxylic acids is 1. The van der Waals surface area contributed by atoms with Gasteiger partial charge in [-0.3, -0.25) is 10.1 Å². The summed E-state index contributed by atoms with van der Waals surface area (Å²) >= 11 is 4.63. The van der Waals surface area contributed by atoms with Gasteiger partial charge in [0.2, 0.25) is 5.82 Å². The number of anilines is 1. The average Bonchev–Trinajstić information content (AvgIpc) is 2.53. The van der Waals surface area contributed by atoms with Gasteiger partial charge < -0.3 is 10.1 Å². The van der Waals surface area contributed by atoms with Crippen molar-refractivity contribution in [2.45, 2.75) is 6.36 Å². The van der Waals surface area contributed by atoms with Crippen LogP contribution in [0.5, 0.6) is 5.75 Å². The molecule has 2 rings (SSSR count). The summed E-state index contributed by atoms with van der Waals surface area (Å²) in [6, 6.07) is 3.75. The molecular formula is C15H7F7N2O2S. The molecular weight excluding hydrogens is 405 g/mol. The molecule has 0 fully saturated rings. The third-order valence-corrected chi connectivity index (χ3v) is 3.14. The summed E-state index contributed by atoms with van der Waals surface area (Å²) in [7, 11) is 0. The standard InChI is InChI=1S/C15H7F7N2O2S/c16-6-2-1-3-7(17)10(6)13(25)24-14(27)23-8-4-5-9(12(19)11(8)18)26-15(20,21)22/h1-5H,(H2,23,24,25,27). The summed E-state index contributed by atoms with van der Waals surface area (Å²) in [5.74, 6) is -8.88. The van der Waals surface area contributed by atoms with Gasteiger partial charge in [0.15, 0.2) is 16.7 Å². The second-order valence-corrected chi connectivity index (χ2v) is 5.20. The monoisotopic (exact) mass is 412 g/mol. The molecule has 0 saturated carbocycles. The highest BCUT2D eigenvalue weighted by atomic mass is 32.1. The normalized spacial score (nSPS) is 11.1. The molecule has 0 atom stereocenters. The fourth-order valence-corrected chi connectivity index (χ4v) is 2.07. The van der Waals surface area contributed by atoms with E-state index in [1.807, 2.05) is 10.6 Å². The van der Waals surface area contributed by atoms with Crippen molar-refractivity contribution in [3.05, 3.63) is 59.2 Å². The van der Waals surface area contributed by atoms with Crippen molar-refractivity contribution in [1.29, 1.82) is 0 Å². The van der Waals surface area contributed by atoms with Crippen molar-refractivity contribution < 1.29 is 40.3 Å². The van der Waals surface area contributed by atoms with Gasteiger partial charge >= 0.3 is 6.36 Å².